The number of nitrogens with zero attached hydrogens (tertiary/aromatic N) is 4. The number of aryl methyl sites for hydroxylation is 3. The standard InChI is InChI=1S/C17H21N5/c1-12-16(13(2)20-19-12)9-10-17-21-18-11-22(17)14(3)15-7-5-4-6-8-15/h4-8,11,14H,9-10H2,1-3H3,(H,19,20)/t14-/m1/s1. The van der Waals surface area contributed by atoms with Crippen molar-refractivity contribution in [3.63, 3.8) is 0 Å². The second-order valence-electron chi connectivity index (χ2n) is 5.65. The lowest BCUT2D eigenvalue weighted by Gasteiger charge is -2.15. The van der Waals surface area contributed by atoms with Crippen LogP contribution in [0.1, 0.15) is 41.3 Å². The molecule has 0 fully saturated rings. The molecule has 0 spiro atoms. The zero-order chi connectivity index (χ0) is 15.5. The predicted octanol–water partition coefficient (Wildman–Crippen LogP) is 3.01. The maximum Gasteiger partial charge on any atom is 0.133 e. The second kappa shape index (κ2) is 6.13. The molecular weight excluding hydrogens is 274 g/mol. The predicted molar refractivity (Wildman–Crippen MR) is 85.7 cm³/mol. The van der Waals surface area contributed by atoms with E-state index in [-0.39, 0.29) is 6.04 Å². The summed E-state index contributed by atoms with van der Waals surface area (Å²) in [4.78, 5) is 0. The van der Waals surface area contributed by atoms with Gasteiger partial charge in [-0.3, -0.25) is 5.10 Å². The quantitative estimate of drug-likeness (QED) is 0.787. The molecule has 3 aromatic rings. The average Bonchev–Trinajstić information content (AvgIpc) is 3.13. The number of aromatic nitrogens is 5. The molecule has 0 saturated heterocycles. The fourth-order valence-electron chi connectivity index (χ4n) is 2.84. The number of benzene rings is 1. The van der Waals surface area contributed by atoms with Gasteiger partial charge in [0.05, 0.1) is 11.7 Å². The molecule has 0 aliphatic heterocycles. The van der Waals surface area contributed by atoms with Gasteiger partial charge in [0.2, 0.25) is 0 Å². The Balaban J connectivity index is 1.78. The number of nitrogens with one attached hydrogen (secondary N) is 1. The summed E-state index contributed by atoms with van der Waals surface area (Å²) in [7, 11) is 0. The fraction of sp³-hybridized carbons (Fsp3) is 0.353. The molecule has 1 aromatic carbocycles. The molecule has 0 radical (unpaired) electrons. The van der Waals surface area contributed by atoms with E-state index in [1.54, 1.807) is 0 Å². The third-order valence-corrected chi connectivity index (χ3v) is 4.23. The Morgan fingerprint density at radius 1 is 1.14 bits per heavy atom. The van der Waals surface area contributed by atoms with Gasteiger partial charge in [-0.2, -0.15) is 5.10 Å². The normalized spacial score (nSPS) is 12.5. The monoisotopic (exact) mass is 295 g/mol. The Morgan fingerprint density at radius 3 is 2.59 bits per heavy atom. The third-order valence-electron chi connectivity index (χ3n) is 4.23. The van der Waals surface area contributed by atoms with Crippen LogP contribution in [0.4, 0.5) is 0 Å². The van der Waals surface area contributed by atoms with Crippen LogP contribution in [-0.2, 0) is 12.8 Å². The second-order valence-corrected chi connectivity index (χ2v) is 5.65. The third kappa shape index (κ3) is 2.79. The first-order valence-corrected chi connectivity index (χ1v) is 7.60. The summed E-state index contributed by atoms with van der Waals surface area (Å²) in [5, 5.41) is 15.7. The average molecular weight is 295 g/mol. The van der Waals surface area contributed by atoms with Crippen LogP contribution in [0.15, 0.2) is 36.7 Å². The molecule has 5 nitrogen and oxygen atoms in total. The van der Waals surface area contributed by atoms with Gasteiger partial charge in [-0.05, 0) is 38.3 Å². The van der Waals surface area contributed by atoms with E-state index in [4.69, 9.17) is 0 Å². The highest BCUT2D eigenvalue weighted by Gasteiger charge is 2.14. The highest BCUT2D eigenvalue weighted by atomic mass is 15.3. The van der Waals surface area contributed by atoms with Gasteiger partial charge in [-0.15, -0.1) is 10.2 Å². The SMILES string of the molecule is Cc1n[nH]c(C)c1CCc1nncn1[C@H](C)c1ccccc1. The van der Waals surface area contributed by atoms with E-state index < -0.39 is 0 Å². The molecule has 5 heteroatoms. The molecule has 0 bridgehead atoms. The van der Waals surface area contributed by atoms with Gasteiger partial charge in [0.15, 0.2) is 0 Å². The van der Waals surface area contributed by atoms with E-state index >= 15 is 0 Å². The van der Waals surface area contributed by atoms with Crippen molar-refractivity contribution < 1.29 is 0 Å². The largest absolute Gasteiger partial charge is 0.310 e. The van der Waals surface area contributed by atoms with Gasteiger partial charge in [-0.1, -0.05) is 30.3 Å². The molecule has 0 unspecified atom stereocenters. The molecular formula is C17H21N5. The smallest absolute Gasteiger partial charge is 0.133 e. The minimum atomic E-state index is 0.234. The molecule has 1 N–H and O–H groups in total. The van der Waals surface area contributed by atoms with E-state index in [1.807, 2.05) is 19.3 Å². The molecule has 0 aliphatic carbocycles. The van der Waals surface area contributed by atoms with Gasteiger partial charge in [-0.25, -0.2) is 0 Å². The van der Waals surface area contributed by atoms with Crippen LogP contribution in [0.2, 0.25) is 0 Å². The van der Waals surface area contributed by atoms with Crippen molar-refractivity contribution in [3.05, 3.63) is 65.0 Å². The molecule has 2 heterocycles. The number of rotatable bonds is 5. The summed E-state index contributed by atoms with van der Waals surface area (Å²) in [6.45, 7) is 6.28. The summed E-state index contributed by atoms with van der Waals surface area (Å²) < 4.78 is 2.15. The maximum absolute atomic E-state index is 4.30. The summed E-state index contributed by atoms with van der Waals surface area (Å²) in [6, 6.07) is 10.7. The Hall–Kier alpha value is -2.43. The zero-order valence-corrected chi connectivity index (χ0v) is 13.2. The summed E-state index contributed by atoms with van der Waals surface area (Å²) in [5.41, 5.74) is 4.75. The van der Waals surface area contributed by atoms with Crippen molar-refractivity contribution in [1.29, 1.82) is 0 Å². The van der Waals surface area contributed by atoms with E-state index in [0.29, 0.717) is 0 Å². The molecule has 2 aromatic heterocycles. The van der Waals surface area contributed by atoms with Crippen molar-refractivity contribution in [2.45, 2.75) is 39.7 Å². The summed E-state index contributed by atoms with van der Waals surface area (Å²) in [5.74, 6) is 1.01. The van der Waals surface area contributed by atoms with Crippen molar-refractivity contribution in [1.82, 2.24) is 25.0 Å². The lowest BCUT2D eigenvalue weighted by atomic mass is 10.1. The first kappa shape index (κ1) is 14.5. The molecule has 0 saturated carbocycles. The van der Waals surface area contributed by atoms with Crippen LogP contribution in [0.25, 0.3) is 0 Å². The highest BCUT2D eigenvalue weighted by Crippen LogP contribution is 2.20. The lowest BCUT2D eigenvalue weighted by Crippen LogP contribution is -2.11. The number of aromatic amines is 1. The fourth-order valence-corrected chi connectivity index (χ4v) is 2.84. The van der Waals surface area contributed by atoms with Gasteiger partial charge >= 0.3 is 0 Å². The van der Waals surface area contributed by atoms with E-state index in [1.165, 1.54) is 11.1 Å². The van der Waals surface area contributed by atoms with Crippen LogP contribution < -0.4 is 0 Å². The van der Waals surface area contributed by atoms with Crippen molar-refractivity contribution in [2.24, 2.45) is 0 Å². The van der Waals surface area contributed by atoms with Crippen LogP contribution in [0.3, 0.4) is 0 Å². The maximum atomic E-state index is 4.30. The molecule has 0 aliphatic rings. The Bertz CT molecular complexity index is 722. The van der Waals surface area contributed by atoms with Crippen molar-refractivity contribution in [2.75, 3.05) is 0 Å². The van der Waals surface area contributed by atoms with Crippen molar-refractivity contribution >= 4 is 0 Å². The highest BCUT2D eigenvalue weighted by molar-refractivity contribution is 5.24. The van der Waals surface area contributed by atoms with Gasteiger partial charge in [0.1, 0.15) is 12.2 Å². The Kier molecular flexibility index (Phi) is 4.04. The minimum absolute atomic E-state index is 0.234. The van der Waals surface area contributed by atoms with Gasteiger partial charge in [0, 0.05) is 12.1 Å². The van der Waals surface area contributed by atoms with Gasteiger partial charge in [0.25, 0.3) is 0 Å². The summed E-state index contributed by atoms with van der Waals surface area (Å²) in [6.07, 6.45) is 3.61. The Morgan fingerprint density at radius 2 is 1.91 bits per heavy atom. The van der Waals surface area contributed by atoms with Crippen LogP contribution in [-0.4, -0.2) is 25.0 Å². The van der Waals surface area contributed by atoms with Crippen LogP contribution in [0.5, 0.6) is 0 Å². The number of hydrogen-bond acceptors (Lipinski definition) is 3. The lowest BCUT2D eigenvalue weighted by molar-refractivity contribution is 0.597. The minimum Gasteiger partial charge on any atom is -0.310 e. The molecule has 0 amide bonds. The first-order chi connectivity index (χ1) is 10.7. The first-order valence-electron chi connectivity index (χ1n) is 7.60. The molecule has 3 rings (SSSR count). The van der Waals surface area contributed by atoms with E-state index in [2.05, 4.69) is 63.1 Å². The molecule has 22 heavy (non-hydrogen) atoms. The zero-order valence-electron chi connectivity index (χ0n) is 13.2. The summed E-state index contributed by atoms with van der Waals surface area (Å²) >= 11 is 0. The Labute approximate surface area is 130 Å². The van der Waals surface area contributed by atoms with Crippen molar-refractivity contribution in [3.8, 4) is 0 Å². The topological polar surface area (TPSA) is 59.4 Å². The van der Waals surface area contributed by atoms with E-state index in [0.717, 1.165) is 30.1 Å². The van der Waals surface area contributed by atoms with E-state index in [9.17, 15) is 0 Å². The molecule has 114 valence electrons. The number of H-pyrrole nitrogens is 1. The molecule has 1 atom stereocenters. The number of hydrogen-bond donors (Lipinski definition) is 1. The van der Waals surface area contributed by atoms with Crippen LogP contribution in [0, 0.1) is 13.8 Å². The van der Waals surface area contributed by atoms with Crippen LogP contribution >= 0.6 is 0 Å². The van der Waals surface area contributed by atoms with Gasteiger partial charge < -0.3 is 4.57 Å².